The zero-order valence-corrected chi connectivity index (χ0v) is 11.8. The van der Waals surface area contributed by atoms with Crippen molar-refractivity contribution in [1.29, 1.82) is 0 Å². The summed E-state index contributed by atoms with van der Waals surface area (Å²) in [6, 6.07) is 0. The van der Waals surface area contributed by atoms with Gasteiger partial charge in [-0.05, 0) is 27.7 Å². The van der Waals surface area contributed by atoms with Gasteiger partial charge in [-0.3, -0.25) is 0 Å². The van der Waals surface area contributed by atoms with Crippen molar-refractivity contribution in [2.24, 2.45) is 0 Å². The summed E-state index contributed by atoms with van der Waals surface area (Å²) in [4.78, 5) is 0. The molecule has 104 valence electrons. The quantitative estimate of drug-likeness (QED) is 0.682. The highest BCUT2D eigenvalue weighted by Crippen LogP contribution is 2.43. The van der Waals surface area contributed by atoms with Crippen molar-refractivity contribution in [2.45, 2.75) is 69.2 Å². The third kappa shape index (κ3) is 2.17. The van der Waals surface area contributed by atoms with Crippen LogP contribution in [0.2, 0.25) is 0 Å². The van der Waals surface area contributed by atoms with Crippen LogP contribution in [0.25, 0.3) is 0 Å². The van der Waals surface area contributed by atoms with Crippen LogP contribution >= 0.6 is 11.6 Å². The van der Waals surface area contributed by atoms with Crippen molar-refractivity contribution >= 4 is 11.6 Å². The molecule has 3 aliphatic heterocycles. The minimum atomic E-state index is -0.626. The molecule has 18 heavy (non-hydrogen) atoms. The van der Waals surface area contributed by atoms with E-state index in [1.54, 1.807) is 0 Å². The van der Waals surface area contributed by atoms with Crippen molar-refractivity contribution in [3.05, 3.63) is 0 Å². The summed E-state index contributed by atoms with van der Waals surface area (Å²) >= 11 is 6.16. The Morgan fingerprint density at radius 1 is 0.889 bits per heavy atom. The minimum Gasteiger partial charge on any atom is -0.351 e. The molecule has 0 aromatic carbocycles. The SMILES string of the molecule is CC1(C)OCC([C@H]2O[C@H](Cl)[C@H]3OC(C)(C)O[C@H]32)O1. The Balaban J connectivity index is 1.75. The maximum Gasteiger partial charge on any atom is 0.164 e. The van der Waals surface area contributed by atoms with Gasteiger partial charge in [0.05, 0.1) is 6.61 Å². The molecule has 0 radical (unpaired) electrons. The van der Waals surface area contributed by atoms with E-state index in [4.69, 9.17) is 35.3 Å². The fraction of sp³-hybridized carbons (Fsp3) is 1.00. The summed E-state index contributed by atoms with van der Waals surface area (Å²) in [6.45, 7) is 8.00. The number of halogens is 1. The molecule has 3 rings (SSSR count). The van der Waals surface area contributed by atoms with E-state index < -0.39 is 17.1 Å². The molecule has 0 saturated carbocycles. The van der Waals surface area contributed by atoms with Gasteiger partial charge in [0.25, 0.3) is 0 Å². The number of fused-ring (bicyclic) bond motifs is 1. The van der Waals surface area contributed by atoms with Gasteiger partial charge in [0, 0.05) is 0 Å². The van der Waals surface area contributed by atoms with Crippen LogP contribution in [-0.2, 0) is 23.7 Å². The summed E-state index contributed by atoms with van der Waals surface area (Å²) in [5, 5.41) is 0. The highest BCUT2D eigenvalue weighted by Gasteiger charge is 2.58. The molecular formula is C12H19ClO5. The van der Waals surface area contributed by atoms with Crippen molar-refractivity contribution in [1.82, 2.24) is 0 Å². The largest absolute Gasteiger partial charge is 0.351 e. The zero-order valence-electron chi connectivity index (χ0n) is 11.0. The Morgan fingerprint density at radius 3 is 2.17 bits per heavy atom. The number of hydrogen-bond acceptors (Lipinski definition) is 5. The third-order valence-corrected chi connectivity index (χ3v) is 3.78. The molecule has 3 saturated heterocycles. The summed E-state index contributed by atoms with van der Waals surface area (Å²) in [5.41, 5.74) is -0.505. The van der Waals surface area contributed by atoms with Crippen LogP contribution in [0.5, 0.6) is 0 Å². The first-order valence-corrected chi connectivity index (χ1v) is 6.68. The van der Waals surface area contributed by atoms with Gasteiger partial charge in [0.2, 0.25) is 0 Å². The van der Waals surface area contributed by atoms with Crippen molar-refractivity contribution in [3.63, 3.8) is 0 Å². The first kappa shape index (κ1) is 13.1. The van der Waals surface area contributed by atoms with Gasteiger partial charge in [-0.15, -0.1) is 0 Å². The third-order valence-electron chi connectivity index (χ3n) is 3.43. The van der Waals surface area contributed by atoms with E-state index in [0.717, 1.165) is 0 Å². The first-order valence-electron chi connectivity index (χ1n) is 6.24. The molecule has 3 aliphatic rings. The van der Waals surface area contributed by atoms with E-state index in [0.29, 0.717) is 6.61 Å². The lowest BCUT2D eigenvalue weighted by atomic mass is 10.1. The highest BCUT2D eigenvalue weighted by atomic mass is 35.5. The first-order chi connectivity index (χ1) is 8.27. The second-order valence-electron chi connectivity index (χ2n) is 5.88. The predicted octanol–water partition coefficient (Wildman–Crippen LogP) is 1.62. The van der Waals surface area contributed by atoms with E-state index in [9.17, 15) is 0 Å². The van der Waals surface area contributed by atoms with Gasteiger partial charge in [-0.2, -0.15) is 0 Å². The van der Waals surface area contributed by atoms with Gasteiger partial charge < -0.3 is 23.7 Å². The summed E-state index contributed by atoms with van der Waals surface area (Å²) in [6.07, 6.45) is -0.876. The highest BCUT2D eigenvalue weighted by molar-refractivity contribution is 6.20. The fourth-order valence-corrected chi connectivity index (χ4v) is 3.07. The Morgan fingerprint density at radius 2 is 1.56 bits per heavy atom. The van der Waals surface area contributed by atoms with Gasteiger partial charge in [0.15, 0.2) is 17.1 Å². The van der Waals surface area contributed by atoms with Gasteiger partial charge in [-0.25, -0.2) is 0 Å². The molecule has 0 aromatic heterocycles. The van der Waals surface area contributed by atoms with Crippen molar-refractivity contribution in [2.75, 3.05) is 6.61 Å². The molecule has 3 fully saturated rings. The Labute approximate surface area is 112 Å². The average molecular weight is 279 g/mol. The lowest BCUT2D eigenvalue weighted by Crippen LogP contribution is -2.40. The molecule has 5 nitrogen and oxygen atoms in total. The van der Waals surface area contributed by atoms with Crippen molar-refractivity contribution in [3.8, 4) is 0 Å². The number of ether oxygens (including phenoxy) is 5. The second kappa shape index (κ2) is 4.04. The summed E-state index contributed by atoms with van der Waals surface area (Å²) in [5.74, 6) is -1.21. The Kier molecular flexibility index (Phi) is 2.94. The molecule has 0 N–H and O–H groups in total. The van der Waals surface area contributed by atoms with E-state index in [2.05, 4.69) is 0 Å². The van der Waals surface area contributed by atoms with Crippen LogP contribution in [-0.4, -0.2) is 48.2 Å². The molecule has 0 spiro atoms. The van der Waals surface area contributed by atoms with Crippen LogP contribution in [0.3, 0.4) is 0 Å². The number of alkyl halides is 1. The second-order valence-corrected chi connectivity index (χ2v) is 6.31. The Hall–Kier alpha value is 0.0900. The fourth-order valence-electron chi connectivity index (χ4n) is 2.76. The topological polar surface area (TPSA) is 46.2 Å². The minimum absolute atomic E-state index is 0.172. The molecule has 1 unspecified atom stereocenters. The van der Waals surface area contributed by atoms with Gasteiger partial charge in [-0.1, -0.05) is 11.6 Å². The number of rotatable bonds is 1. The molecule has 0 amide bonds. The monoisotopic (exact) mass is 278 g/mol. The van der Waals surface area contributed by atoms with Gasteiger partial charge >= 0.3 is 0 Å². The van der Waals surface area contributed by atoms with E-state index in [1.807, 2.05) is 27.7 Å². The predicted molar refractivity (Wildman–Crippen MR) is 63.2 cm³/mol. The molecule has 3 heterocycles. The lowest BCUT2D eigenvalue weighted by Gasteiger charge is -2.26. The molecule has 0 aliphatic carbocycles. The standard InChI is InChI=1S/C12H19ClO5/c1-11(2)14-5-6(16-11)7-8-9(10(13)15-7)18-12(3,4)17-8/h6-10H,5H2,1-4H3/t6?,7-,8+,9+,10+/m1/s1. The van der Waals surface area contributed by atoms with E-state index in [-0.39, 0.29) is 24.4 Å². The maximum atomic E-state index is 6.16. The van der Waals surface area contributed by atoms with E-state index >= 15 is 0 Å². The Bertz CT molecular complexity index is 345. The van der Waals surface area contributed by atoms with Crippen LogP contribution in [0.15, 0.2) is 0 Å². The van der Waals surface area contributed by atoms with Crippen LogP contribution in [0, 0.1) is 0 Å². The smallest absolute Gasteiger partial charge is 0.164 e. The molecule has 0 bridgehead atoms. The van der Waals surface area contributed by atoms with Crippen LogP contribution in [0.4, 0.5) is 0 Å². The number of hydrogen-bond donors (Lipinski definition) is 0. The zero-order chi connectivity index (χ0) is 13.1. The maximum absolute atomic E-state index is 6.16. The van der Waals surface area contributed by atoms with E-state index in [1.165, 1.54) is 0 Å². The van der Waals surface area contributed by atoms with Crippen LogP contribution < -0.4 is 0 Å². The molecular weight excluding hydrogens is 260 g/mol. The summed E-state index contributed by atoms with van der Waals surface area (Å²) in [7, 11) is 0. The average Bonchev–Trinajstić information content (AvgIpc) is 2.81. The van der Waals surface area contributed by atoms with Gasteiger partial charge in [0.1, 0.15) is 24.4 Å². The lowest BCUT2D eigenvalue weighted by molar-refractivity contribution is -0.199. The van der Waals surface area contributed by atoms with Crippen LogP contribution in [0.1, 0.15) is 27.7 Å². The normalized spacial score (nSPS) is 49.5. The van der Waals surface area contributed by atoms with Crippen molar-refractivity contribution < 1.29 is 23.7 Å². The summed E-state index contributed by atoms with van der Waals surface area (Å²) < 4.78 is 28.7. The molecule has 0 aromatic rings. The molecule has 6 heteroatoms. The molecule has 5 atom stereocenters.